The number of hydrogen-bond donors (Lipinski definition) is 3. The molecular formula is C31H41ClN6O7. The van der Waals surface area contributed by atoms with E-state index in [1.165, 1.54) is 22.9 Å². The fourth-order valence-corrected chi connectivity index (χ4v) is 6.22. The molecule has 3 saturated carbocycles. The van der Waals surface area contributed by atoms with Crippen molar-refractivity contribution in [1.82, 2.24) is 24.5 Å². The number of rotatable bonds is 7. The summed E-state index contributed by atoms with van der Waals surface area (Å²) in [4.78, 5) is 51.4. The van der Waals surface area contributed by atoms with Crippen LogP contribution in [0.4, 0.5) is 0 Å². The van der Waals surface area contributed by atoms with E-state index in [1.54, 1.807) is 25.2 Å². The molecule has 14 heteroatoms. The third kappa shape index (κ3) is 6.74. The van der Waals surface area contributed by atoms with Gasteiger partial charge in [0.15, 0.2) is 16.9 Å². The summed E-state index contributed by atoms with van der Waals surface area (Å²) in [5, 5.41) is 15.9. The van der Waals surface area contributed by atoms with Gasteiger partial charge in [0.05, 0.1) is 23.7 Å². The summed E-state index contributed by atoms with van der Waals surface area (Å²) in [6, 6.07) is 8.04. The van der Waals surface area contributed by atoms with E-state index in [1.807, 2.05) is 6.92 Å². The standard InChI is InChI=1S/C17H13N5O5.C13H23NO2.CH4.ClH/c1-21-11-6-9(2-3-13(11)27-17(21)26)8-18-15(23)10-7-12(16(24)25)22-14(20-10)4-5-19-22;1-3-16-11(15)13-7-4-12(5-8-13,6-9-13)10(2)14;;/h2-7H,8H2,1H3,(H,18,23)(H,24,25);10H,3-9,14H2,1-2H3;1H4;1H. The molecule has 0 spiro atoms. The molecule has 0 saturated heterocycles. The summed E-state index contributed by atoms with van der Waals surface area (Å²) >= 11 is 0. The molecule has 1 amide bonds. The van der Waals surface area contributed by atoms with Gasteiger partial charge in [0.1, 0.15) is 5.69 Å². The van der Waals surface area contributed by atoms with Crippen LogP contribution < -0.4 is 16.8 Å². The van der Waals surface area contributed by atoms with Crippen molar-refractivity contribution < 1.29 is 28.6 Å². The number of carbonyl (C=O) groups excluding carboxylic acids is 2. The number of halogens is 1. The van der Waals surface area contributed by atoms with Crippen LogP contribution >= 0.6 is 12.4 Å². The molecule has 0 radical (unpaired) electrons. The maximum Gasteiger partial charge on any atom is 0.419 e. The number of aromatic nitrogens is 4. The van der Waals surface area contributed by atoms with Gasteiger partial charge in [-0.05, 0) is 75.5 Å². The summed E-state index contributed by atoms with van der Waals surface area (Å²) in [7, 11) is 1.59. The Hall–Kier alpha value is -4.23. The molecule has 7 rings (SSSR count). The lowest BCUT2D eigenvalue weighted by atomic mass is 9.52. The highest BCUT2D eigenvalue weighted by Gasteiger charge is 2.54. The summed E-state index contributed by atoms with van der Waals surface area (Å²) in [6.07, 6.45) is 7.64. The Morgan fingerprint density at radius 2 is 1.80 bits per heavy atom. The van der Waals surface area contributed by atoms with E-state index in [-0.39, 0.29) is 60.8 Å². The van der Waals surface area contributed by atoms with E-state index in [0.29, 0.717) is 23.1 Å². The van der Waals surface area contributed by atoms with E-state index < -0.39 is 17.6 Å². The lowest BCUT2D eigenvalue weighted by molar-refractivity contribution is -0.166. The first-order chi connectivity index (χ1) is 20.5. The molecule has 3 heterocycles. The first kappa shape index (κ1) is 35.3. The van der Waals surface area contributed by atoms with Crippen molar-refractivity contribution in [2.24, 2.45) is 23.6 Å². The number of aromatic carboxylic acids is 1. The van der Waals surface area contributed by atoms with Gasteiger partial charge in [0.25, 0.3) is 5.91 Å². The van der Waals surface area contributed by atoms with Crippen LogP contribution in [0.15, 0.2) is 45.7 Å². The van der Waals surface area contributed by atoms with E-state index >= 15 is 0 Å². The highest BCUT2D eigenvalue weighted by Crippen LogP contribution is 2.58. The Labute approximate surface area is 266 Å². The molecule has 3 aliphatic carbocycles. The number of hydrogen-bond acceptors (Lipinski definition) is 9. The third-order valence-electron chi connectivity index (χ3n) is 9.10. The Morgan fingerprint density at radius 3 is 2.40 bits per heavy atom. The maximum absolute atomic E-state index is 12.4. The van der Waals surface area contributed by atoms with Crippen LogP contribution in [0.1, 0.15) is 86.3 Å². The Kier molecular flexibility index (Phi) is 10.8. The van der Waals surface area contributed by atoms with Crippen LogP contribution in [-0.4, -0.2) is 54.8 Å². The summed E-state index contributed by atoms with van der Waals surface area (Å²) in [5.41, 5.74) is 8.13. The van der Waals surface area contributed by atoms with E-state index in [0.717, 1.165) is 48.6 Å². The average Bonchev–Trinajstić information content (AvgIpc) is 3.60. The number of ether oxygens (including phenoxy) is 1. The molecule has 3 aliphatic rings. The van der Waals surface area contributed by atoms with Crippen molar-refractivity contribution in [2.75, 3.05) is 6.61 Å². The number of amides is 1. The minimum Gasteiger partial charge on any atom is -0.477 e. The number of nitrogens with two attached hydrogens (primary N) is 1. The van der Waals surface area contributed by atoms with Crippen molar-refractivity contribution in [3.8, 4) is 0 Å². The van der Waals surface area contributed by atoms with Gasteiger partial charge in [0.2, 0.25) is 0 Å². The minimum atomic E-state index is -1.22. The van der Waals surface area contributed by atoms with E-state index in [2.05, 4.69) is 22.3 Å². The average molecular weight is 645 g/mol. The number of esters is 1. The normalized spacial score (nSPS) is 20.7. The number of oxazole rings is 1. The van der Waals surface area contributed by atoms with Gasteiger partial charge in [-0.1, -0.05) is 13.5 Å². The number of aryl methyl sites for hydroxylation is 1. The second kappa shape index (κ2) is 13.8. The molecular weight excluding hydrogens is 604 g/mol. The highest BCUT2D eigenvalue weighted by atomic mass is 35.5. The number of nitrogens with one attached hydrogen (secondary N) is 1. The van der Waals surface area contributed by atoms with Gasteiger partial charge >= 0.3 is 17.7 Å². The number of carboxylic acid groups (broad SMARTS) is 1. The van der Waals surface area contributed by atoms with E-state index in [9.17, 15) is 24.3 Å². The molecule has 1 aromatic carbocycles. The number of carboxylic acids is 1. The van der Waals surface area contributed by atoms with Crippen LogP contribution in [0.25, 0.3) is 16.7 Å². The van der Waals surface area contributed by atoms with Crippen molar-refractivity contribution >= 4 is 47.0 Å². The number of carbonyl (C=O) groups is 3. The monoisotopic (exact) mass is 644 g/mol. The van der Waals surface area contributed by atoms with Crippen molar-refractivity contribution in [2.45, 2.75) is 72.4 Å². The first-order valence-electron chi connectivity index (χ1n) is 14.4. The molecule has 3 fully saturated rings. The van der Waals surface area contributed by atoms with Crippen LogP contribution in [0.3, 0.4) is 0 Å². The van der Waals surface area contributed by atoms with Gasteiger partial charge in [-0.15, -0.1) is 12.4 Å². The highest BCUT2D eigenvalue weighted by molar-refractivity contribution is 5.96. The molecule has 2 bridgehead atoms. The lowest BCUT2D eigenvalue weighted by Crippen LogP contribution is -2.52. The second-order valence-corrected chi connectivity index (χ2v) is 11.5. The van der Waals surface area contributed by atoms with Crippen LogP contribution in [0, 0.1) is 10.8 Å². The SMILES string of the molecule is C.CCOC(=O)C12CCC(C(C)N)(CC1)CC2.Cl.Cn1c(=O)oc2ccc(CNC(=O)c3cc(C(=O)O)n4nccc4n3)cc21. The lowest BCUT2D eigenvalue weighted by Gasteiger charge is -2.53. The van der Waals surface area contributed by atoms with Crippen LogP contribution in [0.5, 0.6) is 0 Å². The number of fused-ring (bicyclic) bond motifs is 5. The summed E-state index contributed by atoms with van der Waals surface area (Å²) < 4.78 is 12.8. The molecule has 45 heavy (non-hydrogen) atoms. The van der Waals surface area contributed by atoms with Gasteiger partial charge in [-0.2, -0.15) is 5.10 Å². The van der Waals surface area contributed by atoms with Gasteiger partial charge in [-0.3, -0.25) is 14.2 Å². The van der Waals surface area contributed by atoms with Crippen molar-refractivity contribution in [3.05, 3.63) is 64.0 Å². The molecule has 4 N–H and O–H groups in total. The zero-order valence-electron chi connectivity index (χ0n) is 24.9. The van der Waals surface area contributed by atoms with Gasteiger partial charge < -0.3 is 25.3 Å². The maximum atomic E-state index is 12.4. The van der Waals surface area contributed by atoms with Gasteiger partial charge in [0, 0.05) is 31.8 Å². The topological polar surface area (TPSA) is 184 Å². The fourth-order valence-electron chi connectivity index (χ4n) is 6.22. The Balaban J connectivity index is 0.000000265. The zero-order valence-corrected chi connectivity index (χ0v) is 25.7. The Morgan fingerprint density at radius 1 is 1.13 bits per heavy atom. The van der Waals surface area contributed by atoms with Crippen molar-refractivity contribution in [1.29, 1.82) is 0 Å². The second-order valence-electron chi connectivity index (χ2n) is 11.5. The predicted octanol–water partition coefficient (Wildman–Crippen LogP) is 4.10. The number of benzene rings is 1. The molecule has 13 nitrogen and oxygen atoms in total. The molecule has 1 atom stereocenters. The van der Waals surface area contributed by atoms with Gasteiger partial charge in [-0.25, -0.2) is 19.1 Å². The molecule has 1 unspecified atom stereocenters. The first-order valence-corrected chi connectivity index (χ1v) is 14.4. The summed E-state index contributed by atoms with van der Waals surface area (Å²) in [6.45, 7) is 4.66. The predicted molar refractivity (Wildman–Crippen MR) is 169 cm³/mol. The quantitative estimate of drug-likeness (QED) is 0.248. The smallest absolute Gasteiger partial charge is 0.419 e. The van der Waals surface area contributed by atoms with Crippen LogP contribution in [-0.2, 0) is 23.1 Å². The molecule has 4 aromatic rings. The fraction of sp³-hybridized carbons (Fsp3) is 0.484. The zero-order chi connectivity index (χ0) is 30.9. The molecule has 0 aliphatic heterocycles. The molecule has 244 valence electrons. The summed E-state index contributed by atoms with van der Waals surface area (Å²) in [5.74, 6) is -2.17. The minimum absolute atomic E-state index is 0. The largest absolute Gasteiger partial charge is 0.477 e. The molecule has 3 aromatic heterocycles. The Bertz CT molecular complexity index is 1730. The van der Waals surface area contributed by atoms with E-state index in [4.69, 9.17) is 14.9 Å². The third-order valence-corrected chi connectivity index (χ3v) is 9.10. The van der Waals surface area contributed by atoms with Crippen LogP contribution in [0.2, 0.25) is 0 Å². The van der Waals surface area contributed by atoms with Crippen molar-refractivity contribution in [3.63, 3.8) is 0 Å². The number of nitrogens with zero attached hydrogens (tertiary/aromatic N) is 4.